The van der Waals surface area contributed by atoms with Gasteiger partial charge in [0.1, 0.15) is 0 Å². The van der Waals surface area contributed by atoms with E-state index in [4.69, 9.17) is 0 Å². The van der Waals surface area contributed by atoms with Gasteiger partial charge in [-0.3, -0.25) is 9.59 Å². The maximum atomic E-state index is 12.0. The first-order valence-corrected chi connectivity index (χ1v) is 8.33. The third kappa shape index (κ3) is 3.60. The van der Waals surface area contributed by atoms with E-state index in [9.17, 15) is 19.8 Å². The molecule has 0 heterocycles. The van der Waals surface area contributed by atoms with E-state index in [0.717, 1.165) is 25.7 Å². The molecule has 0 aromatic heterocycles. The van der Waals surface area contributed by atoms with Crippen LogP contribution >= 0.6 is 0 Å². The van der Waals surface area contributed by atoms with Crippen LogP contribution in [0.2, 0.25) is 0 Å². The number of rotatable bonds is 4. The van der Waals surface area contributed by atoms with Gasteiger partial charge in [-0.05, 0) is 39.5 Å². The first kappa shape index (κ1) is 17.2. The molecule has 0 aromatic rings. The summed E-state index contributed by atoms with van der Waals surface area (Å²) in [6.45, 7) is 3.45. The Balaban J connectivity index is 1.85. The van der Waals surface area contributed by atoms with Crippen molar-refractivity contribution >= 4 is 11.8 Å². The zero-order valence-corrected chi connectivity index (χ0v) is 13.5. The SMILES string of the molecule is C[C@@H](NC(=O)C(=O)N[C@H](C)C1(O)CCCC1)C1(O)CCCC1. The van der Waals surface area contributed by atoms with Crippen LogP contribution < -0.4 is 10.6 Å². The summed E-state index contributed by atoms with van der Waals surface area (Å²) >= 11 is 0. The van der Waals surface area contributed by atoms with E-state index in [1.54, 1.807) is 13.8 Å². The Bertz CT molecular complexity index is 386. The average Bonchev–Trinajstić information content (AvgIpc) is 3.09. The van der Waals surface area contributed by atoms with Crippen LogP contribution in [0.3, 0.4) is 0 Å². The molecule has 0 aromatic carbocycles. The Labute approximate surface area is 131 Å². The van der Waals surface area contributed by atoms with Gasteiger partial charge in [-0.2, -0.15) is 0 Å². The molecule has 2 saturated carbocycles. The third-order valence-corrected chi connectivity index (χ3v) is 5.45. The lowest BCUT2D eigenvalue weighted by Gasteiger charge is -2.32. The van der Waals surface area contributed by atoms with E-state index in [1.807, 2.05) is 0 Å². The third-order valence-electron chi connectivity index (χ3n) is 5.45. The Morgan fingerprint density at radius 1 is 0.773 bits per heavy atom. The summed E-state index contributed by atoms with van der Waals surface area (Å²) in [6, 6.07) is -0.920. The fourth-order valence-electron chi connectivity index (χ4n) is 3.63. The quantitative estimate of drug-likeness (QED) is 0.572. The standard InChI is InChI=1S/C16H28N2O4/c1-11(15(21)7-3-4-8-15)17-13(19)14(20)18-12(2)16(22)9-5-6-10-16/h11-12,21-22H,3-10H2,1-2H3,(H,17,19)(H,18,20)/t11-,12-/m1/s1. The van der Waals surface area contributed by atoms with Crippen LogP contribution in [0.4, 0.5) is 0 Å². The van der Waals surface area contributed by atoms with Gasteiger partial charge in [-0.25, -0.2) is 0 Å². The summed E-state index contributed by atoms with van der Waals surface area (Å²) in [7, 11) is 0. The van der Waals surface area contributed by atoms with E-state index in [2.05, 4.69) is 10.6 Å². The molecule has 0 radical (unpaired) electrons. The molecule has 2 amide bonds. The van der Waals surface area contributed by atoms with Gasteiger partial charge >= 0.3 is 11.8 Å². The predicted molar refractivity (Wildman–Crippen MR) is 82.0 cm³/mol. The number of hydrogen-bond acceptors (Lipinski definition) is 4. The maximum Gasteiger partial charge on any atom is 0.309 e. The number of nitrogens with one attached hydrogen (secondary N) is 2. The van der Waals surface area contributed by atoms with Gasteiger partial charge < -0.3 is 20.8 Å². The van der Waals surface area contributed by atoms with Crippen molar-refractivity contribution < 1.29 is 19.8 Å². The van der Waals surface area contributed by atoms with E-state index in [0.29, 0.717) is 25.7 Å². The van der Waals surface area contributed by atoms with E-state index in [-0.39, 0.29) is 0 Å². The fraction of sp³-hybridized carbons (Fsp3) is 0.875. The number of aliphatic hydroxyl groups is 2. The van der Waals surface area contributed by atoms with E-state index >= 15 is 0 Å². The maximum absolute atomic E-state index is 12.0. The summed E-state index contributed by atoms with van der Waals surface area (Å²) in [5.41, 5.74) is -1.82. The molecular weight excluding hydrogens is 284 g/mol. The lowest BCUT2D eigenvalue weighted by atomic mass is 9.93. The minimum absolute atomic E-state index is 0.460. The molecule has 2 rings (SSSR count). The van der Waals surface area contributed by atoms with Crippen molar-refractivity contribution in [3.63, 3.8) is 0 Å². The zero-order valence-electron chi connectivity index (χ0n) is 13.5. The molecule has 6 heteroatoms. The molecule has 22 heavy (non-hydrogen) atoms. The van der Waals surface area contributed by atoms with Crippen molar-refractivity contribution in [3.05, 3.63) is 0 Å². The molecule has 2 aliphatic rings. The van der Waals surface area contributed by atoms with Gasteiger partial charge in [0.25, 0.3) is 0 Å². The van der Waals surface area contributed by atoms with Crippen molar-refractivity contribution in [2.75, 3.05) is 0 Å². The van der Waals surface area contributed by atoms with Crippen molar-refractivity contribution in [1.82, 2.24) is 10.6 Å². The molecule has 2 aliphatic carbocycles. The molecular formula is C16H28N2O4. The van der Waals surface area contributed by atoms with Crippen molar-refractivity contribution in [2.24, 2.45) is 0 Å². The molecule has 126 valence electrons. The van der Waals surface area contributed by atoms with Crippen molar-refractivity contribution in [1.29, 1.82) is 0 Å². The average molecular weight is 312 g/mol. The van der Waals surface area contributed by atoms with Crippen LogP contribution in [0, 0.1) is 0 Å². The minimum Gasteiger partial charge on any atom is -0.388 e. The number of hydrogen-bond donors (Lipinski definition) is 4. The summed E-state index contributed by atoms with van der Waals surface area (Å²) in [5, 5.41) is 26.0. The van der Waals surface area contributed by atoms with Crippen LogP contribution in [0.1, 0.15) is 65.2 Å². The Hall–Kier alpha value is -1.14. The fourth-order valence-corrected chi connectivity index (χ4v) is 3.63. The Morgan fingerprint density at radius 3 is 1.32 bits per heavy atom. The minimum atomic E-state index is -0.911. The second kappa shape index (κ2) is 6.54. The van der Waals surface area contributed by atoms with Gasteiger partial charge in [0.2, 0.25) is 0 Å². The summed E-state index contributed by atoms with van der Waals surface area (Å²) in [6.07, 6.45) is 6.33. The van der Waals surface area contributed by atoms with E-state index < -0.39 is 35.1 Å². The largest absolute Gasteiger partial charge is 0.388 e. The van der Waals surface area contributed by atoms with Crippen LogP contribution in [-0.4, -0.2) is 45.3 Å². The lowest BCUT2D eigenvalue weighted by Crippen LogP contribution is -2.56. The molecule has 2 fully saturated rings. The summed E-state index contributed by atoms with van der Waals surface area (Å²) in [4.78, 5) is 24.0. The monoisotopic (exact) mass is 312 g/mol. The van der Waals surface area contributed by atoms with Crippen LogP contribution in [-0.2, 0) is 9.59 Å². The molecule has 6 nitrogen and oxygen atoms in total. The first-order chi connectivity index (χ1) is 10.3. The molecule has 0 spiro atoms. The highest BCUT2D eigenvalue weighted by atomic mass is 16.3. The second-order valence-electron chi connectivity index (χ2n) is 7.01. The molecule has 0 saturated heterocycles. The van der Waals surface area contributed by atoms with Crippen LogP contribution in [0.5, 0.6) is 0 Å². The van der Waals surface area contributed by atoms with Crippen molar-refractivity contribution in [3.8, 4) is 0 Å². The van der Waals surface area contributed by atoms with Gasteiger partial charge in [-0.1, -0.05) is 25.7 Å². The predicted octanol–water partition coefficient (Wildman–Crippen LogP) is 0.606. The smallest absolute Gasteiger partial charge is 0.309 e. The normalized spacial score (nSPS) is 25.5. The van der Waals surface area contributed by atoms with Gasteiger partial charge in [0.15, 0.2) is 0 Å². The lowest BCUT2D eigenvalue weighted by molar-refractivity contribution is -0.142. The Morgan fingerprint density at radius 2 is 1.05 bits per heavy atom. The van der Waals surface area contributed by atoms with Gasteiger partial charge in [0.05, 0.1) is 23.3 Å². The number of amides is 2. The van der Waals surface area contributed by atoms with Gasteiger partial charge in [0, 0.05) is 0 Å². The van der Waals surface area contributed by atoms with Crippen molar-refractivity contribution in [2.45, 2.75) is 88.5 Å². The Kier molecular flexibility index (Phi) is 5.12. The van der Waals surface area contributed by atoms with Gasteiger partial charge in [-0.15, -0.1) is 0 Å². The molecule has 2 atom stereocenters. The highest BCUT2D eigenvalue weighted by Crippen LogP contribution is 2.33. The molecule has 0 unspecified atom stereocenters. The second-order valence-corrected chi connectivity index (χ2v) is 7.01. The first-order valence-electron chi connectivity index (χ1n) is 8.33. The number of carbonyl (C=O) groups excluding carboxylic acids is 2. The molecule has 0 aliphatic heterocycles. The van der Waals surface area contributed by atoms with Crippen LogP contribution in [0.25, 0.3) is 0 Å². The number of carbonyl (C=O) groups is 2. The highest BCUT2D eigenvalue weighted by molar-refractivity contribution is 6.35. The zero-order chi connectivity index (χ0) is 16.4. The molecule has 0 bridgehead atoms. The summed E-state index contributed by atoms with van der Waals surface area (Å²) < 4.78 is 0. The molecule has 4 N–H and O–H groups in total. The van der Waals surface area contributed by atoms with E-state index in [1.165, 1.54) is 0 Å². The highest BCUT2D eigenvalue weighted by Gasteiger charge is 2.40. The van der Waals surface area contributed by atoms with Crippen LogP contribution in [0.15, 0.2) is 0 Å². The topological polar surface area (TPSA) is 98.7 Å². The summed E-state index contributed by atoms with van der Waals surface area (Å²) in [5.74, 6) is -1.50.